The van der Waals surface area contributed by atoms with Gasteiger partial charge in [-0.1, -0.05) is 0 Å². The average Bonchev–Trinajstić information content (AvgIpc) is 3.18. The molecule has 2 aliphatic heterocycles. The van der Waals surface area contributed by atoms with Crippen molar-refractivity contribution in [2.24, 2.45) is 0 Å². The molecule has 0 aliphatic carbocycles. The molecule has 6 nitrogen and oxygen atoms in total. The van der Waals surface area contributed by atoms with Gasteiger partial charge in [-0.3, -0.25) is 4.79 Å². The van der Waals surface area contributed by atoms with Gasteiger partial charge in [-0.2, -0.15) is 0 Å². The van der Waals surface area contributed by atoms with Gasteiger partial charge in [-0.15, -0.1) is 0 Å². The van der Waals surface area contributed by atoms with Crippen LogP contribution in [0.4, 0.5) is 0 Å². The summed E-state index contributed by atoms with van der Waals surface area (Å²) in [5.41, 5.74) is 0. The molecular weight excluding hydrogens is 316 g/mol. The minimum atomic E-state index is -3.16. The predicted octanol–water partition coefficient (Wildman–Crippen LogP) is 1.52. The fourth-order valence-corrected chi connectivity index (χ4v) is 4.20. The lowest BCUT2D eigenvalue weighted by atomic mass is 10.2. The summed E-state index contributed by atoms with van der Waals surface area (Å²) in [6, 6.07) is 3.41. The molecule has 1 aromatic heterocycles. The smallest absolute Gasteiger partial charge is 0.289 e. The molecule has 7 heteroatoms. The number of furan rings is 1. The minimum absolute atomic E-state index is 0.119. The molecule has 0 N–H and O–H groups in total. The first-order chi connectivity index (χ1) is 10.9. The van der Waals surface area contributed by atoms with Crippen molar-refractivity contribution >= 4 is 15.7 Å². The van der Waals surface area contributed by atoms with Gasteiger partial charge in [-0.25, -0.2) is 8.42 Å². The largest absolute Gasteiger partial charge is 0.455 e. The Morgan fingerprint density at radius 3 is 2.65 bits per heavy atom. The predicted molar refractivity (Wildman–Crippen MR) is 87.0 cm³/mol. The Hall–Kier alpha value is -1.34. The fourth-order valence-electron chi connectivity index (χ4n) is 3.53. The van der Waals surface area contributed by atoms with Crippen LogP contribution in [0.1, 0.15) is 42.0 Å². The molecule has 2 fully saturated rings. The number of carbonyl (C=O) groups is 1. The van der Waals surface area contributed by atoms with Gasteiger partial charge in [-0.05, 0) is 50.9 Å². The zero-order chi connectivity index (χ0) is 16.4. The number of carbonyl (C=O) groups excluding carboxylic acids is 1. The van der Waals surface area contributed by atoms with E-state index >= 15 is 0 Å². The molecule has 0 aromatic carbocycles. The van der Waals surface area contributed by atoms with Crippen molar-refractivity contribution in [1.82, 2.24) is 9.80 Å². The summed E-state index contributed by atoms with van der Waals surface area (Å²) < 4.78 is 28.1. The van der Waals surface area contributed by atoms with Crippen LogP contribution in [0, 0.1) is 0 Å². The Balaban J connectivity index is 1.66. The summed E-state index contributed by atoms with van der Waals surface area (Å²) >= 11 is 0. The maximum Gasteiger partial charge on any atom is 0.289 e. The van der Waals surface area contributed by atoms with E-state index in [4.69, 9.17) is 4.42 Å². The van der Waals surface area contributed by atoms with E-state index in [9.17, 15) is 13.2 Å². The molecule has 1 atom stereocenters. The molecule has 1 amide bonds. The third kappa shape index (κ3) is 4.14. The topological polar surface area (TPSA) is 70.8 Å². The second-order valence-electron chi connectivity index (χ2n) is 6.64. The van der Waals surface area contributed by atoms with E-state index in [-0.39, 0.29) is 23.5 Å². The highest BCUT2D eigenvalue weighted by molar-refractivity contribution is 7.89. The van der Waals surface area contributed by atoms with Crippen LogP contribution in [-0.4, -0.2) is 62.6 Å². The number of amides is 1. The highest BCUT2D eigenvalue weighted by atomic mass is 32.2. The van der Waals surface area contributed by atoms with Crippen molar-refractivity contribution in [3.8, 4) is 0 Å². The van der Waals surface area contributed by atoms with Crippen molar-refractivity contribution in [2.45, 2.75) is 37.5 Å². The van der Waals surface area contributed by atoms with E-state index in [0.29, 0.717) is 5.76 Å². The van der Waals surface area contributed by atoms with Gasteiger partial charge in [0.1, 0.15) is 11.5 Å². The fraction of sp³-hybridized carbons (Fsp3) is 0.688. The molecule has 3 heterocycles. The number of sulfone groups is 1. The van der Waals surface area contributed by atoms with Crippen LogP contribution in [0.3, 0.4) is 0 Å². The Morgan fingerprint density at radius 1 is 1.22 bits per heavy atom. The summed E-state index contributed by atoms with van der Waals surface area (Å²) in [5.74, 6) is 0.284. The maximum atomic E-state index is 12.7. The first-order valence-electron chi connectivity index (χ1n) is 8.22. The average molecular weight is 340 g/mol. The van der Waals surface area contributed by atoms with Gasteiger partial charge in [0.15, 0.2) is 15.6 Å². The Bertz CT molecular complexity index is 661. The van der Waals surface area contributed by atoms with Crippen molar-refractivity contribution < 1.29 is 17.6 Å². The zero-order valence-corrected chi connectivity index (χ0v) is 14.3. The summed E-state index contributed by atoms with van der Waals surface area (Å²) in [6.45, 7) is 3.93. The van der Waals surface area contributed by atoms with Crippen LogP contribution in [-0.2, 0) is 15.6 Å². The van der Waals surface area contributed by atoms with Crippen LogP contribution in [0.15, 0.2) is 16.5 Å². The van der Waals surface area contributed by atoms with E-state index in [2.05, 4.69) is 4.90 Å². The minimum Gasteiger partial charge on any atom is -0.455 e. The lowest BCUT2D eigenvalue weighted by molar-refractivity contribution is 0.0675. The van der Waals surface area contributed by atoms with Crippen LogP contribution in [0.2, 0.25) is 0 Å². The molecular formula is C16H24N2O4S. The molecule has 2 saturated heterocycles. The summed E-state index contributed by atoms with van der Waals surface area (Å²) in [4.78, 5) is 17.0. The molecule has 3 rings (SSSR count). The van der Waals surface area contributed by atoms with Crippen LogP contribution in [0.5, 0.6) is 0 Å². The van der Waals surface area contributed by atoms with E-state index in [1.807, 2.05) is 4.90 Å². The SMILES string of the molecule is CS(=O)(=O)Cc1ccc(C(=O)N2CCCC2CN2CCCC2)o1. The summed E-state index contributed by atoms with van der Waals surface area (Å²) in [6.07, 6.45) is 5.69. The Kier molecular flexibility index (Phi) is 4.77. The molecule has 0 radical (unpaired) electrons. The standard InChI is InChI=1S/C16H24N2O4S/c1-23(20,21)12-14-6-7-15(22-14)16(19)18-10-4-5-13(18)11-17-8-2-3-9-17/h6-7,13H,2-5,8-12H2,1H3. The van der Waals surface area contributed by atoms with Gasteiger partial charge in [0, 0.05) is 25.4 Å². The third-order valence-corrected chi connectivity index (χ3v) is 5.39. The van der Waals surface area contributed by atoms with Gasteiger partial charge in [0.05, 0.1) is 0 Å². The van der Waals surface area contributed by atoms with Crippen LogP contribution >= 0.6 is 0 Å². The number of likely N-dealkylation sites (tertiary alicyclic amines) is 2. The van der Waals surface area contributed by atoms with Crippen molar-refractivity contribution in [3.05, 3.63) is 23.7 Å². The normalized spacial score (nSPS) is 22.8. The number of hydrogen-bond donors (Lipinski definition) is 0. The van der Waals surface area contributed by atoms with E-state index < -0.39 is 9.84 Å². The molecule has 0 saturated carbocycles. The molecule has 128 valence electrons. The first kappa shape index (κ1) is 16.5. The van der Waals surface area contributed by atoms with Gasteiger partial charge < -0.3 is 14.2 Å². The Labute approximate surface area is 137 Å². The maximum absolute atomic E-state index is 12.7. The quantitative estimate of drug-likeness (QED) is 0.813. The van der Waals surface area contributed by atoms with E-state index in [1.54, 1.807) is 12.1 Å². The molecule has 1 unspecified atom stereocenters. The van der Waals surface area contributed by atoms with E-state index in [0.717, 1.165) is 45.3 Å². The summed E-state index contributed by atoms with van der Waals surface area (Å²) in [5, 5.41) is 0. The Morgan fingerprint density at radius 2 is 1.96 bits per heavy atom. The highest BCUT2D eigenvalue weighted by Gasteiger charge is 2.32. The van der Waals surface area contributed by atoms with Gasteiger partial charge in [0.2, 0.25) is 0 Å². The molecule has 0 spiro atoms. The monoisotopic (exact) mass is 340 g/mol. The second-order valence-corrected chi connectivity index (χ2v) is 8.78. The lowest BCUT2D eigenvalue weighted by Crippen LogP contribution is -2.42. The number of hydrogen-bond acceptors (Lipinski definition) is 5. The molecule has 23 heavy (non-hydrogen) atoms. The molecule has 2 aliphatic rings. The van der Waals surface area contributed by atoms with E-state index in [1.165, 1.54) is 12.8 Å². The molecule has 1 aromatic rings. The third-order valence-electron chi connectivity index (χ3n) is 4.58. The highest BCUT2D eigenvalue weighted by Crippen LogP contribution is 2.23. The number of nitrogens with zero attached hydrogens (tertiary/aromatic N) is 2. The van der Waals surface area contributed by atoms with Crippen molar-refractivity contribution in [1.29, 1.82) is 0 Å². The van der Waals surface area contributed by atoms with Crippen LogP contribution < -0.4 is 0 Å². The molecule has 0 bridgehead atoms. The first-order valence-corrected chi connectivity index (χ1v) is 10.3. The summed E-state index contributed by atoms with van der Waals surface area (Å²) in [7, 11) is -3.16. The lowest BCUT2D eigenvalue weighted by Gasteiger charge is -2.27. The van der Waals surface area contributed by atoms with Crippen molar-refractivity contribution in [2.75, 3.05) is 32.4 Å². The number of rotatable bonds is 5. The zero-order valence-electron chi connectivity index (χ0n) is 13.5. The van der Waals surface area contributed by atoms with Gasteiger partial charge in [0.25, 0.3) is 5.91 Å². The van der Waals surface area contributed by atoms with Gasteiger partial charge >= 0.3 is 0 Å². The van der Waals surface area contributed by atoms with Crippen molar-refractivity contribution in [3.63, 3.8) is 0 Å². The second kappa shape index (κ2) is 6.65. The van der Waals surface area contributed by atoms with Crippen LogP contribution in [0.25, 0.3) is 0 Å².